The lowest BCUT2D eigenvalue weighted by Gasteiger charge is -2.11. The molecule has 0 radical (unpaired) electrons. The highest BCUT2D eigenvalue weighted by atomic mass is 16.1. The first kappa shape index (κ1) is 20.1. The number of imidazole rings is 1. The molecule has 0 aliphatic heterocycles. The average Bonchev–Trinajstić information content (AvgIpc) is 3.20. The zero-order valence-electron chi connectivity index (χ0n) is 17.7. The Morgan fingerprint density at radius 1 is 1.03 bits per heavy atom. The Labute approximate surface area is 181 Å². The highest BCUT2D eigenvalue weighted by molar-refractivity contribution is 6.04. The minimum absolute atomic E-state index is 0.178. The molecule has 0 aliphatic carbocycles. The van der Waals surface area contributed by atoms with Crippen LogP contribution in [0.15, 0.2) is 73.4 Å². The topological polar surface area (TPSA) is 59.8 Å². The van der Waals surface area contributed by atoms with E-state index in [0.29, 0.717) is 5.56 Å². The second kappa shape index (κ2) is 8.68. The third-order valence-electron chi connectivity index (χ3n) is 4.83. The van der Waals surface area contributed by atoms with Crippen molar-refractivity contribution in [3.63, 3.8) is 0 Å². The molecule has 0 unspecified atom stereocenters. The molecule has 0 aliphatic rings. The molecule has 0 bridgehead atoms. The minimum atomic E-state index is -0.178. The smallest absolute Gasteiger partial charge is 0.255 e. The summed E-state index contributed by atoms with van der Waals surface area (Å²) < 4.78 is 1.94. The van der Waals surface area contributed by atoms with Crippen LogP contribution in [0, 0.1) is 32.6 Å². The molecule has 0 atom stereocenters. The predicted octanol–water partition coefficient (Wildman–Crippen LogP) is 4.84. The van der Waals surface area contributed by atoms with Crippen molar-refractivity contribution >= 4 is 11.6 Å². The van der Waals surface area contributed by atoms with Gasteiger partial charge in [0.05, 0.1) is 12.0 Å². The van der Waals surface area contributed by atoms with Gasteiger partial charge in [-0.25, -0.2) is 4.98 Å². The van der Waals surface area contributed by atoms with Crippen molar-refractivity contribution in [3.8, 4) is 17.5 Å². The van der Waals surface area contributed by atoms with E-state index in [1.54, 1.807) is 18.7 Å². The summed E-state index contributed by atoms with van der Waals surface area (Å²) in [7, 11) is 0. The fourth-order valence-electron chi connectivity index (χ4n) is 3.22. The van der Waals surface area contributed by atoms with E-state index in [-0.39, 0.29) is 5.91 Å². The second-order valence-corrected chi connectivity index (χ2v) is 7.46. The van der Waals surface area contributed by atoms with Gasteiger partial charge < -0.3 is 9.88 Å². The number of carbonyl (C=O) groups is 1. The number of nitrogens with zero attached hydrogens (tertiary/aromatic N) is 3. The molecule has 5 nitrogen and oxygen atoms in total. The van der Waals surface area contributed by atoms with Gasteiger partial charge in [0.25, 0.3) is 5.91 Å². The van der Waals surface area contributed by atoms with Crippen molar-refractivity contribution in [1.82, 2.24) is 14.5 Å². The largest absolute Gasteiger partial charge is 0.322 e. The lowest BCUT2D eigenvalue weighted by Crippen LogP contribution is -2.12. The van der Waals surface area contributed by atoms with E-state index in [2.05, 4.69) is 33.2 Å². The summed E-state index contributed by atoms with van der Waals surface area (Å²) in [5.41, 5.74) is 6.88. The summed E-state index contributed by atoms with van der Waals surface area (Å²) in [4.78, 5) is 21.3. The Bertz CT molecular complexity index is 1310. The Balaban J connectivity index is 1.58. The molecule has 0 spiro atoms. The van der Waals surface area contributed by atoms with Crippen LogP contribution in [0.3, 0.4) is 0 Å². The van der Waals surface area contributed by atoms with Crippen LogP contribution < -0.4 is 5.32 Å². The first-order valence-electron chi connectivity index (χ1n) is 9.95. The molecule has 2 aromatic heterocycles. The number of nitrogens with one attached hydrogen (secondary N) is 1. The zero-order valence-corrected chi connectivity index (χ0v) is 17.7. The fraction of sp³-hybridized carbons (Fsp3) is 0.115. The van der Waals surface area contributed by atoms with Crippen LogP contribution in [0.25, 0.3) is 5.69 Å². The van der Waals surface area contributed by atoms with Crippen molar-refractivity contribution in [2.75, 3.05) is 5.32 Å². The summed E-state index contributed by atoms with van der Waals surface area (Å²) in [5.74, 6) is 6.07. The third kappa shape index (κ3) is 4.88. The van der Waals surface area contributed by atoms with Crippen molar-refractivity contribution in [2.45, 2.75) is 20.8 Å². The number of hydrogen-bond donors (Lipinski definition) is 1. The summed E-state index contributed by atoms with van der Waals surface area (Å²) in [6.45, 7) is 5.93. The van der Waals surface area contributed by atoms with E-state index in [0.717, 1.165) is 39.3 Å². The number of benzene rings is 2. The molecule has 5 heteroatoms. The minimum Gasteiger partial charge on any atom is -0.322 e. The number of pyridine rings is 1. The van der Waals surface area contributed by atoms with Gasteiger partial charge in [0.1, 0.15) is 0 Å². The standard InChI is InChI=1S/C26H22N4O/c1-18-11-24(14-25(12-18)30-16-20(3)28-17-30)29-26(31)23-8-6-19(2)22(13-23)9-7-21-5-4-10-27-15-21/h4-6,8,10-17H,1-3H3,(H,29,31). The maximum Gasteiger partial charge on any atom is 0.255 e. The van der Waals surface area contributed by atoms with E-state index in [1.165, 1.54) is 0 Å². The number of anilines is 1. The summed E-state index contributed by atoms with van der Waals surface area (Å²) in [6.07, 6.45) is 7.15. The van der Waals surface area contributed by atoms with Crippen molar-refractivity contribution in [2.24, 2.45) is 0 Å². The zero-order chi connectivity index (χ0) is 21.8. The number of rotatable bonds is 3. The maximum atomic E-state index is 12.9. The molecule has 0 saturated carbocycles. The van der Waals surface area contributed by atoms with Gasteiger partial charge in [-0.1, -0.05) is 17.9 Å². The van der Waals surface area contributed by atoms with E-state index >= 15 is 0 Å². The van der Waals surface area contributed by atoms with Gasteiger partial charge in [-0.05, 0) is 74.4 Å². The van der Waals surface area contributed by atoms with Gasteiger partial charge in [-0.3, -0.25) is 9.78 Å². The lowest BCUT2D eigenvalue weighted by molar-refractivity contribution is 0.102. The van der Waals surface area contributed by atoms with Crippen molar-refractivity contribution in [1.29, 1.82) is 0 Å². The molecular formula is C26H22N4O. The molecule has 1 N–H and O–H groups in total. The third-order valence-corrected chi connectivity index (χ3v) is 4.83. The summed E-state index contributed by atoms with van der Waals surface area (Å²) >= 11 is 0. The van der Waals surface area contributed by atoms with Crippen LogP contribution in [-0.2, 0) is 0 Å². The molecule has 4 aromatic rings. The first-order valence-corrected chi connectivity index (χ1v) is 9.95. The van der Waals surface area contributed by atoms with Gasteiger partial charge in [-0.15, -0.1) is 0 Å². The van der Waals surface area contributed by atoms with Crippen LogP contribution in [0.1, 0.15) is 38.3 Å². The Hall–Kier alpha value is -4.17. The van der Waals surface area contributed by atoms with Gasteiger partial charge >= 0.3 is 0 Å². The van der Waals surface area contributed by atoms with Gasteiger partial charge in [0, 0.05) is 46.7 Å². The highest BCUT2D eigenvalue weighted by Crippen LogP contribution is 2.20. The SMILES string of the molecule is Cc1cc(NC(=O)c2ccc(C)c(C#Cc3cccnc3)c2)cc(-n2cnc(C)c2)c1. The van der Waals surface area contributed by atoms with Crippen LogP contribution in [0.5, 0.6) is 0 Å². The molecule has 31 heavy (non-hydrogen) atoms. The Kier molecular flexibility index (Phi) is 5.63. The molecule has 1 amide bonds. The Morgan fingerprint density at radius 3 is 2.65 bits per heavy atom. The number of aromatic nitrogens is 3. The van der Waals surface area contributed by atoms with Crippen LogP contribution in [-0.4, -0.2) is 20.4 Å². The second-order valence-electron chi connectivity index (χ2n) is 7.46. The first-order chi connectivity index (χ1) is 15.0. The summed E-state index contributed by atoms with van der Waals surface area (Å²) in [5, 5.41) is 3.01. The average molecular weight is 406 g/mol. The van der Waals surface area contributed by atoms with Gasteiger partial charge in [-0.2, -0.15) is 0 Å². The van der Waals surface area contributed by atoms with Gasteiger partial charge in [0.2, 0.25) is 0 Å². The molecule has 2 heterocycles. The fourth-order valence-corrected chi connectivity index (χ4v) is 3.22. The molecule has 0 fully saturated rings. The van der Waals surface area contributed by atoms with Crippen LogP contribution >= 0.6 is 0 Å². The molecular weight excluding hydrogens is 384 g/mol. The van der Waals surface area contributed by atoms with Crippen molar-refractivity contribution in [3.05, 3.63) is 107 Å². The number of carbonyl (C=O) groups excluding carboxylic acids is 1. The van der Waals surface area contributed by atoms with E-state index < -0.39 is 0 Å². The van der Waals surface area contributed by atoms with Gasteiger partial charge in [0.15, 0.2) is 0 Å². The van der Waals surface area contributed by atoms with Crippen LogP contribution in [0.2, 0.25) is 0 Å². The monoisotopic (exact) mass is 406 g/mol. The van der Waals surface area contributed by atoms with Crippen LogP contribution in [0.4, 0.5) is 5.69 Å². The highest BCUT2D eigenvalue weighted by Gasteiger charge is 2.10. The number of amides is 1. The quantitative estimate of drug-likeness (QED) is 0.495. The molecule has 4 rings (SSSR count). The van der Waals surface area contributed by atoms with E-state index in [9.17, 15) is 4.79 Å². The lowest BCUT2D eigenvalue weighted by atomic mass is 10.0. The molecule has 0 saturated heterocycles. The maximum absolute atomic E-state index is 12.9. The molecule has 2 aromatic carbocycles. The normalized spacial score (nSPS) is 10.3. The van der Waals surface area contributed by atoms with E-state index in [1.807, 2.05) is 74.0 Å². The number of aryl methyl sites for hydroxylation is 3. The molecule has 152 valence electrons. The van der Waals surface area contributed by atoms with Crippen molar-refractivity contribution < 1.29 is 4.79 Å². The summed E-state index contributed by atoms with van der Waals surface area (Å²) in [6, 6.07) is 15.2. The number of hydrogen-bond acceptors (Lipinski definition) is 3. The van der Waals surface area contributed by atoms with E-state index in [4.69, 9.17) is 0 Å². The predicted molar refractivity (Wildman–Crippen MR) is 122 cm³/mol. The Morgan fingerprint density at radius 2 is 1.90 bits per heavy atom.